The number of hydrogen-bond donors (Lipinski definition) is 1. The van der Waals surface area contributed by atoms with Crippen molar-refractivity contribution in [3.63, 3.8) is 0 Å². The lowest BCUT2D eigenvalue weighted by molar-refractivity contribution is -0.892. The number of quaternary nitrogens is 1. The molecule has 1 saturated carbocycles. The Bertz CT molecular complexity index is 666. The fraction of sp³-hybridized carbons (Fsp3) is 0.696. The Morgan fingerprint density at radius 1 is 1.04 bits per heavy atom. The summed E-state index contributed by atoms with van der Waals surface area (Å²) in [5, 5.41) is 0. The van der Waals surface area contributed by atoms with Crippen molar-refractivity contribution in [1.82, 2.24) is 4.90 Å². The highest BCUT2D eigenvalue weighted by atomic mass is 16.2. The average molecular weight is 371 g/mol. The van der Waals surface area contributed by atoms with E-state index in [0.29, 0.717) is 12.5 Å². The predicted molar refractivity (Wildman–Crippen MR) is 110 cm³/mol. The summed E-state index contributed by atoms with van der Waals surface area (Å²) in [6.07, 6.45) is 6.76. The van der Waals surface area contributed by atoms with Gasteiger partial charge in [-0.05, 0) is 55.7 Å². The van der Waals surface area contributed by atoms with Gasteiger partial charge >= 0.3 is 0 Å². The molecule has 0 spiro atoms. The topological polar surface area (TPSA) is 28.0 Å². The van der Waals surface area contributed by atoms with Gasteiger partial charge in [-0.15, -0.1) is 0 Å². The van der Waals surface area contributed by atoms with Crippen LogP contribution in [0.4, 0.5) is 5.69 Å². The number of nitrogens with one attached hydrogen (secondary N) is 1. The van der Waals surface area contributed by atoms with Crippen molar-refractivity contribution in [3.05, 3.63) is 29.3 Å². The van der Waals surface area contributed by atoms with Crippen LogP contribution in [0.5, 0.6) is 0 Å². The molecule has 2 atom stereocenters. The predicted octanol–water partition coefficient (Wildman–Crippen LogP) is 2.05. The largest absolute Gasteiger partial charge is 0.360 e. The van der Waals surface area contributed by atoms with E-state index in [4.69, 9.17) is 0 Å². The van der Waals surface area contributed by atoms with Gasteiger partial charge in [0.25, 0.3) is 5.91 Å². The molecule has 4 rings (SSSR count). The highest BCUT2D eigenvalue weighted by molar-refractivity contribution is 5.77. The second kappa shape index (κ2) is 8.22. The summed E-state index contributed by atoms with van der Waals surface area (Å²) in [6.45, 7) is 11.4. The molecular formula is C23H36N3O+. The lowest BCUT2D eigenvalue weighted by atomic mass is 9.75. The zero-order valence-corrected chi connectivity index (χ0v) is 17.2. The maximum absolute atomic E-state index is 12.9. The van der Waals surface area contributed by atoms with E-state index in [-0.39, 0.29) is 0 Å². The van der Waals surface area contributed by atoms with Crippen molar-refractivity contribution < 1.29 is 9.69 Å². The highest BCUT2D eigenvalue weighted by Crippen LogP contribution is 2.35. The zero-order valence-electron chi connectivity index (χ0n) is 17.2. The fourth-order valence-electron chi connectivity index (χ4n) is 5.47. The number of piperazine rings is 1. The standard InChI is InChI=1S/C23H35N3O/c1-18-6-5-9-22(19(18)2)25-14-12-24(13-15-25)17-23(27)26-11-10-20-7-3-4-8-21(20)16-26/h5-6,9,20-21H,3-4,7-8,10-17H2,1-2H3/p+1/t20-,21-/m1/s1. The van der Waals surface area contributed by atoms with Crippen molar-refractivity contribution in [1.29, 1.82) is 0 Å². The number of likely N-dealkylation sites (tertiary alicyclic amines) is 1. The Hall–Kier alpha value is -1.55. The molecule has 0 unspecified atom stereocenters. The van der Waals surface area contributed by atoms with Gasteiger partial charge in [0, 0.05) is 18.8 Å². The maximum atomic E-state index is 12.9. The molecule has 2 saturated heterocycles. The lowest BCUT2D eigenvalue weighted by Crippen LogP contribution is -3.16. The normalized spacial score (nSPS) is 26.7. The maximum Gasteiger partial charge on any atom is 0.277 e. The van der Waals surface area contributed by atoms with Crippen molar-refractivity contribution in [2.75, 3.05) is 50.7 Å². The monoisotopic (exact) mass is 370 g/mol. The number of benzene rings is 1. The second-order valence-corrected chi connectivity index (χ2v) is 9.07. The summed E-state index contributed by atoms with van der Waals surface area (Å²) < 4.78 is 0. The Balaban J connectivity index is 1.28. The smallest absolute Gasteiger partial charge is 0.277 e. The first kappa shape index (κ1) is 18.8. The van der Waals surface area contributed by atoms with Crippen LogP contribution in [0.3, 0.4) is 0 Å². The Morgan fingerprint density at radius 2 is 1.78 bits per heavy atom. The molecule has 4 nitrogen and oxygen atoms in total. The van der Waals surface area contributed by atoms with Crippen LogP contribution in [0.2, 0.25) is 0 Å². The lowest BCUT2D eigenvalue weighted by Gasteiger charge is -2.42. The summed E-state index contributed by atoms with van der Waals surface area (Å²) in [6, 6.07) is 6.59. The molecule has 1 N–H and O–H groups in total. The first-order valence-corrected chi connectivity index (χ1v) is 11.0. The summed E-state index contributed by atoms with van der Waals surface area (Å²) in [5.74, 6) is 2.08. The number of hydrogen-bond acceptors (Lipinski definition) is 2. The van der Waals surface area contributed by atoms with Gasteiger partial charge in [0.1, 0.15) is 0 Å². The first-order valence-electron chi connectivity index (χ1n) is 11.0. The van der Waals surface area contributed by atoms with Crippen molar-refractivity contribution in [2.24, 2.45) is 11.8 Å². The third-order valence-electron chi connectivity index (χ3n) is 7.43. The number of piperidine rings is 1. The van der Waals surface area contributed by atoms with E-state index in [1.165, 1.54) is 53.8 Å². The number of carbonyl (C=O) groups is 1. The molecule has 0 aromatic heterocycles. The van der Waals surface area contributed by atoms with E-state index in [1.807, 2.05) is 0 Å². The molecule has 1 aromatic carbocycles. The summed E-state index contributed by atoms with van der Waals surface area (Å²) in [7, 11) is 0. The van der Waals surface area contributed by atoms with Crippen LogP contribution in [0, 0.1) is 25.7 Å². The SMILES string of the molecule is Cc1cccc(N2CC[NH+](CC(=O)N3CC[C@H]4CCCC[C@@H]4C3)CC2)c1C. The molecule has 4 heteroatoms. The van der Waals surface area contributed by atoms with Crippen LogP contribution in [-0.2, 0) is 4.79 Å². The zero-order chi connectivity index (χ0) is 18.8. The second-order valence-electron chi connectivity index (χ2n) is 9.07. The van der Waals surface area contributed by atoms with Gasteiger partial charge in [0.2, 0.25) is 0 Å². The van der Waals surface area contributed by atoms with Crippen LogP contribution in [0.15, 0.2) is 18.2 Å². The van der Waals surface area contributed by atoms with Gasteiger partial charge in [0.05, 0.1) is 26.2 Å². The molecule has 2 heterocycles. The Kier molecular flexibility index (Phi) is 5.72. The minimum Gasteiger partial charge on any atom is -0.360 e. The third kappa shape index (κ3) is 4.16. The number of anilines is 1. The number of aryl methyl sites for hydroxylation is 1. The number of nitrogens with zero attached hydrogens (tertiary/aromatic N) is 2. The molecule has 2 aliphatic heterocycles. The summed E-state index contributed by atoms with van der Waals surface area (Å²) in [4.78, 5) is 19.0. The molecular weight excluding hydrogens is 334 g/mol. The first-order chi connectivity index (χ1) is 13.1. The van der Waals surface area contributed by atoms with E-state index in [2.05, 4.69) is 41.8 Å². The van der Waals surface area contributed by atoms with E-state index < -0.39 is 0 Å². The van der Waals surface area contributed by atoms with E-state index in [9.17, 15) is 4.79 Å². The van der Waals surface area contributed by atoms with E-state index in [0.717, 1.165) is 51.1 Å². The van der Waals surface area contributed by atoms with Gasteiger partial charge in [-0.2, -0.15) is 0 Å². The minimum atomic E-state index is 0.397. The number of carbonyl (C=O) groups excluding carboxylic acids is 1. The number of amides is 1. The van der Waals surface area contributed by atoms with Gasteiger partial charge in [0.15, 0.2) is 6.54 Å². The fourth-order valence-corrected chi connectivity index (χ4v) is 5.47. The van der Waals surface area contributed by atoms with E-state index in [1.54, 1.807) is 0 Å². The van der Waals surface area contributed by atoms with Crippen molar-refractivity contribution >= 4 is 11.6 Å². The average Bonchev–Trinajstić information content (AvgIpc) is 2.70. The Morgan fingerprint density at radius 3 is 2.56 bits per heavy atom. The molecule has 3 fully saturated rings. The molecule has 3 aliphatic rings. The van der Waals surface area contributed by atoms with Crippen LogP contribution >= 0.6 is 0 Å². The van der Waals surface area contributed by atoms with Crippen molar-refractivity contribution in [2.45, 2.75) is 46.0 Å². The molecule has 1 aromatic rings. The molecule has 1 aliphatic carbocycles. The quantitative estimate of drug-likeness (QED) is 0.882. The highest BCUT2D eigenvalue weighted by Gasteiger charge is 2.34. The summed E-state index contributed by atoms with van der Waals surface area (Å²) >= 11 is 0. The third-order valence-corrected chi connectivity index (χ3v) is 7.43. The van der Waals surface area contributed by atoms with Gasteiger partial charge in [-0.1, -0.05) is 31.4 Å². The van der Waals surface area contributed by atoms with Gasteiger partial charge in [-0.25, -0.2) is 0 Å². The number of rotatable bonds is 3. The molecule has 0 bridgehead atoms. The van der Waals surface area contributed by atoms with Crippen LogP contribution in [0.25, 0.3) is 0 Å². The van der Waals surface area contributed by atoms with Crippen molar-refractivity contribution in [3.8, 4) is 0 Å². The molecule has 27 heavy (non-hydrogen) atoms. The van der Waals surface area contributed by atoms with E-state index >= 15 is 0 Å². The molecule has 148 valence electrons. The number of fused-ring (bicyclic) bond motifs is 1. The van der Waals surface area contributed by atoms with Crippen LogP contribution < -0.4 is 9.80 Å². The van der Waals surface area contributed by atoms with Crippen LogP contribution in [-0.4, -0.2) is 56.6 Å². The summed E-state index contributed by atoms with van der Waals surface area (Å²) in [5.41, 5.74) is 4.13. The van der Waals surface area contributed by atoms with Gasteiger partial charge < -0.3 is 14.7 Å². The van der Waals surface area contributed by atoms with Crippen LogP contribution in [0.1, 0.15) is 43.2 Å². The minimum absolute atomic E-state index is 0.397. The molecule has 0 radical (unpaired) electrons. The van der Waals surface area contributed by atoms with Gasteiger partial charge in [-0.3, -0.25) is 4.79 Å². The molecule has 1 amide bonds. The Labute approximate surface area is 164 Å².